The zero-order valence-electron chi connectivity index (χ0n) is 12.2. The summed E-state index contributed by atoms with van der Waals surface area (Å²) in [6.45, 7) is 1.78. The third-order valence-electron chi connectivity index (χ3n) is 3.11. The van der Waals surface area contributed by atoms with Gasteiger partial charge in [-0.3, -0.25) is 0 Å². The summed E-state index contributed by atoms with van der Waals surface area (Å²) >= 11 is 0. The Balaban J connectivity index is 1.83. The summed E-state index contributed by atoms with van der Waals surface area (Å²) in [5.74, 6) is -0.648. The second-order valence-corrected chi connectivity index (χ2v) is 6.91. The van der Waals surface area contributed by atoms with Crippen LogP contribution in [0, 0.1) is 12.7 Å². The molecule has 0 unspecified atom stereocenters. The molecule has 0 atom stereocenters. The first-order chi connectivity index (χ1) is 10.9. The fourth-order valence-corrected chi connectivity index (χ4v) is 3.08. The van der Waals surface area contributed by atoms with Crippen LogP contribution in [0.2, 0.25) is 0 Å². The average Bonchev–Trinajstić information content (AvgIpc) is 2.96. The molecule has 23 heavy (non-hydrogen) atoms. The standard InChI is InChI=1S/C15H13FN4O2S/c1-11-8-17-15(18-9-11)23(21,22)10-13-6-7-20(19-13)14-4-2-12(16)3-5-14/h2-9H,10H2,1H3. The molecule has 0 spiro atoms. The molecule has 3 aromatic rings. The molecule has 0 fully saturated rings. The summed E-state index contributed by atoms with van der Waals surface area (Å²) < 4.78 is 39.0. The van der Waals surface area contributed by atoms with Crippen LogP contribution >= 0.6 is 0 Å². The van der Waals surface area contributed by atoms with Gasteiger partial charge >= 0.3 is 0 Å². The Labute approximate surface area is 132 Å². The van der Waals surface area contributed by atoms with E-state index in [-0.39, 0.29) is 16.7 Å². The van der Waals surface area contributed by atoms with Crippen molar-refractivity contribution in [2.24, 2.45) is 0 Å². The first-order valence-electron chi connectivity index (χ1n) is 6.76. The normalized spacial score (nSPS) is 11.6. The monoisotopic (exact) mass is 332 g/mol. The van der Waals surface area contributed by atoms with Crippen molar-refractivity contribution in [3.05, 3.63) is 66.0 Å². The summed E-state index contributed by atoms with van der Waals surface area (Å²) in [6.07, 6.45) is 4.53. The van der Waals surface area contributed by atoms with Gasteiger partial charge in [-0.2, -0.15) is 5.10 Å². The van der Waals surface area contributed by atoms with Gasteiger partial charge in [0.2, 0.25) is 15.0 Å². The number of nitrogens with zero attached hydrogens (tertiary/aromatic N) is 4. The predicted octanol–water partition coefficient (Wildman–Crippen LogP) is 2.08. The molecule has 0 radical (unpaired) electrons. The van der Waals surface area contributed by atoms with E-state index >= 15 is 0 Å². The quantitative estimate of drug-likeness (QED) is 0.684. The summed E-state index contributed by atoms with van der Waals surface area (Å²) in [5, 5.41) is 3.98. The van der Waals surface area contributed by atoms with Crippen LogP contribution in [0.1, 0.15) is 11.3 Å². The summed E-state index contributed by atoms with van der Waals surface area (Å²) in [6, 6.07) is 7.34. The highest BCUT2D eigenvalue weighted by Gasteiger charge is 2.20. The number of hydrogen-bond acceptors (Lipinski definition) is 5. The molecule has 0 aliphatic carbocycles. The third-order valence-corrected chi connectivity index (χ3v) is 4.55. The molecule has 1 aromatic carbocycles. The Morgan fingerprint density at radius 3 is 2.39 bits per heavy atom. The van der Waals surface area contributed by atoms with Crippen LogP contribution in [0.4, 0.5) is 4.39 Å². The van der Waals surface area contributed by atoms with Crippen LogP contribution in [0.5, 0.6) is 0 Å². The maximum atomic E-state index is 12.9. The van der Waals surface area contributed by atoms with E-state index in [4.69, 9.17) is 0 Å². The lowest BCUT2D eigenvalue weighted by Crippen LogP contribution is -2.10. The second-order valence-electron chi connectivity index (χ2n) is 5.03. The molecule has 2 aromatic heterocycles. The lowest BCUT2D eigenvalue weighted by Gasteiger charge is -2.02. The third kappa shape index (κ3) is 3.42. The first-order valence-corrected chi connectivity index (χ1v) is 8.41. The van der Waals surface area contributed by atoms with Crippen LogP contribution < -0.4 is 0 Å². The number of benzene rings is 1. The Morgan fingerprint density at radius 2 is 1.74 bits per heavy atom. The maximum Gasteiger partial charge on any atom is 0.247 e. The smallest absolute Gasteiger partial charge is 0.241 e. The molecular weight excluding hydrogens is 319 g/mol. The number of rotatable bonds is 4. The topological polar surface area (TPSA) is 77.7 Å². The van der Waals surface area contributed by atoms with E-state index in [1.54, 1.807) is 31.3 Å². The van der Waals surface area contributed by atoms with Gasteiger partial charge < -0.3 is 0 Å². The molecular formula is C15H13FN4O2S. The van der Waals surface area contributed by atoms with Crippen molar-refractivity contribution in [3.8, 4) is 5.69 Å². The molecule has 118 valence electrons. The van der Waals surface area contributed by atoms with Crippen molar-refractivity contribution in [2.45, 2.75) is 17.8 Å². The average molecular weight is 332 g/mol. The van der Waals surface area contributed by atoms with Crippen LogP contribution in [0.3, 0.4) is 0 Å². The van der Waals surface area contributed by atoms with Crippen molar-refractivity contribution in [1.29, 1.82) is 0 Å². The molecule has 3 rings (SSSR count). The number of sulfone groups is 1. The van der Waals surface area contributed by atoms with Crippen molar-refractivity contribution in [1.82, 2.24) is 19.7 Å². The van der Waals surface area contributed by atoms with E-state index in [1.807, 2.05) is 0 Å². The van der Waals surface area contributed by atoms with Gasteiger partial charge in [0.1, 0.15) is 11.6 Å². The Bertz CT molecular complexity index is 919. The molecule has 0 aliphatic heterocycles. The van der Waals surface area contributed by atoms with Crippen LogP contribution in [-0.2, 0) is 15.6 Å². The predicted molar refractivity (Wildman–Crippen MR) is 81.2 cm³/mol. The van der Waals surface area contributed by atoms with E-state index in [2.05, 4.69) is 15.1 Å². The molecule has 0 aliphatic rings. The second kappa shape index (κ2) is 5.88. The van der Waals surface area contributed by atoms with E-state index < -0.39 is 9.84 Å². The lowest BCUT2D eigenvalue weighted by molar-refractivity contribution is 0.585. The zero-order valence-corrected chi connectivity index (χ0v) is 13.0. The number of aryl methyl sites for hydroxylation is 1. The highest BCUT2D eigenvalue weighted by atomic mass is 32.2. The van der Waals surface area contributed by atoms with Crippen molar-refractivity contribution in [3.63, 3.8) is 0 Å². The van der Waals surface area contributed by atoms with Gasteiger partial charge in [0, 0.05) is 18.6 Å². The van der Waals surface area contributed by atoms with Gasteiger partial charge in [-0.15, -0.1) is 0 Å². The molecule has 2 heterocycles. The first kappa shape index (κ1) is 15.3. The fraction of sp³-hybridized carbons (Fsp3) is 0.133. The van der Waals surface area contributed by atoms with Crippen LogP contribution in [0.15, 0.2) is 54.1 Å². The number of halogens is 1. The molecule has 6 nitrogen and oxygen atoms in total. The summed E-state index contributed by atoms with van der Waals surface area (Å²) in [4.78, 5) is 7.69. The van der Waals surface area contributed by atoms with Crippen molar-refractivity contribution in [2.75, 3.05) is 0 Å². The van der Waals surface area contributed by atoms with E-state index in [9.17, 15) is 12.8 Å². The summed E-state index contributed by atoms with van der Waals surface area (Å²) in [5.41, 5.74) is 1.78. The zero-order chi connectivity index (χ0) is 16.4. The van der Waals surface area contributed by atoms with E-state index in [0.29, 0.717) is 11.4 Å². The van der Waals surface area contributed by atoms with E-state index in [0.717, 1.165) is 5.56 Å². The molecule has 0 N–H and O–H groups in total. The fourth-order valence-electron chi connectivity index (χ4n) is 1.98. The lowest BCUT2D eigenvalue weighted by atomic mass is 10.3. The largest absolute Gasteiger partial charge is 0.247 e. The van der Waals surface area contributed by atoms with Gasteiger partial charge in [-0.05, 0) is 42.8 Å². The number of hydrogen-bond donors (Lipinski definition) is 0. The highest BCUT2D eigenvalue weighted by Crippen LogP contribution is 2.13. The van der Waals surface area contributed by atoms with Gasteiger partial charge in [0.05, 0.1) is 11.4 Å². The minimum absolute atomic E-state index is 0.223. The van der Waals surface area contributed by atoms with Crippen molar-refractivity contribution >= 4 is 9.84 Å². The van der Waals surface area contributed by atoms with Gasteiger partial charge in [0.15, 0.2) is 0 Å². The van der Waals surface area contributed by atoms with Gasteiger partial charge in [0.25, 0.3) is 0 Å². The van der Waals surface area contributed by atoms with Gasteiger partial charge in [-0.1, -0.05) is 0 Å². The van der Waals surface area contributed by atoms with Crippen LogP contribution in [0.25, 0.3) is 5.69 Å². The van der Waals surface area contributed by atoms with Crippen molar-refractivity contribution < 1.29 is 12.8 Å². The molecule has 0 amide bonds. The minimum Gasteiger partial charge on any atom is -0.241 e. The molecule has 8 heteroatoms. The Hall–Kier alpha value is -2.61. The molecule has 0 bridgehead atoms. The SMILES string of the molecule is Cc1cnc(S(=O)(=O)Cc2ccn(-c3ccc(F)cc3)n2)nc1. The minimum atomic E-state index is -3.66. The molecule has 0 saturated carbocycles. The Morgan fingerprint density at radius 1 is 1.09 bits per heavy atom. The summed E-state index contributed by atoms with van der Waals surface area (Å²) in [7, 11) is -3.66. The van der Waals surface area contributed by atoms with Gasteiger partial charge in [-0.25, -0.2) is 27.5 Å². The molecule has 0 saturated heterocycles. The van der Waals surface area contributed by atoms with E-state index in [1.165, 1.54) is 29.2 Å². The maximum absolute atomic E-state index is 12.9. The highest BCUT2D eigenvalue weighted by molar-refractivity contribution is 7.90. The van der Waals surface area contributed by atoms with Crippen LogP contribution in [-0.4, -0.2) is 28.2 Å². The Kier molecular flexibility index (Phi) is 3.91. The number of aromatic nitrogens is 4.